The molecule has 19 heavy (non-hydrogen) atoms. The van der Waals surface area contributed by atoms with E-state index in [1.54, 1.807) is 22.4 Å². The fourth-order valence-corrected chi connectivity index (χ4v) is 2.97. The molecule has 0 saturated heterocycles. The lowest BCUT2D eigenvalue weighted by Crippen LogP contribution is -2.42. The van der Waals surface area contributed by atoms with Crippen molar-refractivity contribution >= 4 is 0 Å². The highest BCUT2D eigenvalue weighted by atomic mass is 16.1. The summed E-state index contributed by atoms with van der Waals surface area (Å²) in [7, 11) is 1.77. The van der Waals surface area contributed by atoms with Crippen LogP contribution < -0.4 is 11.4 Å². The lowest BCUT2D eigenvalue weighted by molar-refractivity contribution is 0.252. The molecule has 2 aromatic rings. The fourth-order valence-electron chi connectivity index (χ4n) is 2.97. The second-order valence-corrected chi connectivity index (χ2v) is 5.42. The zero-order valence-electron chi connectivity index (χ0n) is 11.2. The van der Waals surface area contributed by atoms with Crippen molar-refractivity contribution in [3.63, 3.8) is 0 Å². The highest BCUT2D eigenvalue weighted by Gasteiger charge is 2.39. The second kappa shape index (κ2) is 4.38. The van der Waals surface area contributed by atoms with E-state index >= 15 is 0 Å². The van der Waals surface area contributed by atoms with Crippen LogP contribution in [0.1, 0.15) is 24.8 Å². The van der Waals surface area contributed by atoms with E-state index in [-0.39, 0.29) is 11.1 Å². The Morgan fingerprint density at radius 1 is 1.26 bits per heavy atom. The first-order chi connectivity index (χ1) is 9.18. The van der Waals surface area contributed by atoms with E-state index in [1.165, 1.54) is 12.0 Å². The summed E-state index contributed by atoms with van der Waals surface area (Å²) in [6, 6.07) is 8.12. The van der Waals surface area contributed by atoms with Gasteiger partial charge in [0.25, 0.3) is 0 Å². The van der Waals surface area contributed by atoms with Crippen molar-refractivity contribution in [3.8, 4) is 5.69 Å². The molecule has 4 heteroatoms. The van der Waals surface area contributed by atoms with Crippen LogP contribution in [-0.4, -0.2) is 15.7 Å². The predicted octanol–water partition coefficient (Wildman–Crippen LogP) is 1.56. The van der Waals surface area contributed by atoms with Gasteiger partial charge in [0.1, 0.15) is 0 Å². The van der Waals surface area contributed by atoms with Gasteiger partial charge in [-0.1, -0.05) is 24.6 Å². The number of nitrogens with zero attached hydrogens (tertiary/aromatic N) is 2. The molecule has 100 valence electrons. The van der Waals surface area contributed by atoms with Gasteiger partial charge < -0.3 is 10.3 Å². The van der Waals surface area contributed by atoms with Crippen LogP contribution in [0.5, 0.6) is 0 Å². The number of aryl methyl sites for hydroxylation is 1. The van der Waals surface area contributed by atoms with Gasteiger partial charge in [0, 0.05) is 31.4 Å². The summed E-state index contributed by atoms with van der Waals surface area (Å²) >= 11 is 0. The van der Waals surface area contributed by atoms with Crippen LogP contribution in [0.25, 0.3) is 5.69 Å². The van der Waals surface area contributed by atoms with Crippen LogP contribution in [0.3, 0.4) is 0 Å². The van der Waals surface area contributed by atoms with E-state index in [1.807, 2.05) is 24.4 Å². The Labute approximate surface area is 112 Å². The van der Waals surface area contributed by atoms with Crippen molar-refractivity contribution in [1.82, 2.24) is 9.13 Å². The third-order valence-corrected chi connectivity index (χ3v) is 4.38. The Kier molecular flexibility index (Phi) is 2.82. The normalized spacial score (nSPS) is 17.2. The molecule has 3 rings (SSSR count). The van der Waals surface area contributed by atoms with E-state index in [9.17, 15) is 4.79 Å². The zero-order chi connectivity index (χ0) is 13.5. The number of rotatable bonds is 3. The molecule has 0 atom stereocenters. The topological polar surface area (TPSA) is 52.9 Å². The number of para-hydroxylation sites is 1. The Morgan fingerprint density at radius 3 is 2.53 bits per heavy atom. The Bertz CT molecular complexity index is 644. The number of imidazole rings is 1. The summed E-state index contributed by atoms with van der Waals surface area (Å²) in [4.78, 5) is 12.1. The van der Waals surface area contributed by atoms with E-state index in [2.05, 4.69) is 6.07 Å². The van der Waals surface area contributed by atoms with Gasteiger partial charge in [-0.2, -0.15) is 0 Å². The minimum Gasteiger partial charge on any atom is -0.330 e. The maximum atomic E-state index is 12.1. The number of hydrogen-bond acceptors (Lipinski definition) is 2. The van der Waals surface area contributed by atoms with Crippen molar-refractivity contribution in [2.24, 2.45) is 12.8 Å². The molecule has 1 fully saturated rings. The van der Waals surface area contributed by atoms with E-state index < -0.39 is 0 Å². The van der Waals surface area contributed by atoms with Crippen molar-refractivity contribution < 1.29 is 0 Å². The molecular weight excluding hydrogens is 238 g/mol. The summed E-state index contributed by atoms with van der Waals surface area (Å²) in [6.45, 7) is 0.644. The van der Waals surface area contributed by atoms with Crippen LogP contribution in [-0.2, 0) is 12.5 Å². The van der Waals surface area contributed by atoms with E-state index in [4.69, 9.17) is 5.73 Å². The quantitative estimate of drug-likeness (QED) is 0.907. The van der Waals surface area contributed by atoms with Crippen LogP contribution in [0.15, 0.2) is 41.5 Å². The van der Waals surface area contributed by atoms with Gasteiger partial charge in [-0.05, 0) is 24.5 Å². The van der Waals surface area contributed by atoms with Crippen molar-refractivity contribution in [3.05, 3.63) is 52.7 Å². The third kappa shape index (κ3) is 1.75. The number of benzene rings is 1. The molecule has 1 aliphatic carbocycles. The molecule has 1 saturated carbocycles. The monoisotopic (exact) mass is 257 g/mol. The molecule has 0 aliphatic heterocycles. The first kappa shape index (κ1) is 12.2. The molecule has 0 unspecified atom stereocenters. The summed E-state index contributed by atoms with van der Waals surface area (Å²) in [5.74, 6) is 0. The number of nitrogens with two attached hydrogens (primary N) is 1. The lowest BCUT2D eigenvalue weighted by Gasteiger charge is -2.42. The average Bonchev–Trinajstić information content (AvgIpc) is 2.70. The minimum absolute atomic E-state index is 0.0149. The summed E-state index contributed by atoms with van der Waals surface area (Å²) in [6.07, 6.45) is 7.05. The largest absolute Gasteiger partial charge is 0.332 e. The predicted molar refractivity (Wildman–Crippen MR) is 75.6 cm³/mol. The highest BCUT2D eigenvalue weighted by Crippen LogP contribution is 2.44. The second-order valence-electron chi connectivity index (χ2n) is 5.42. The summed E-state index contributed by atoms with van der Waals surface area (Å²) in [5, 5.41) is 0. The van der Waals surface area contributed by atoms with Crippen LogP contribution in [0.4, 0.5) is 0 Å². The first-order valence-electron chi connectivity index (χ1n) is 6.72. The Morgan fingerprint density at radius 2 is 2.00 bits per heavy atom. The van der Waals surface area contributed by atoms with Gasteiger partial charge in [-0.3, -0.25) is 4.57 Å². The standard InChI is InChI=1S/C15H19N3O/c1-17-9-10-18(14(17)19)13-6-3-2-5-12(13)15(11-16)7-4-8-15/h2-3,5-6,9-10H,4,7-8,11,16H2,1H3. The summed E-state index contributed by atoms with van der Waals surface area (Å²) in [5.41, 5.74) is 8.22. The van der Waals surface area contributed by atoms with Gasteiger partial charge in [-0.15, -0.1) is 0 Å². The molecule has 0 spiro atoms. The van der Waals surface area contributed by atoms with Gasteiger partial charge in [0.2, 0.25) is 0 Å². The SMILES string of the molecule is Cn1ccn(-c2ccccc2C2(CN)CCC2)c1=O. The molecule has 4 nitrogen and oxygen atoms in total. The molecule has 1 aromatic carbocycles. The number of hydrogen-bond donors (Lipinski definition) is 1. The molecule has 2 N–H and O–H groups in total. The van der Waals surface area contributed by atoms with Gasteiger partial charge in [0.15, 0.2) is 0 Å². The third-order valence-electron chi connectivity index (χ3n) is 4.38. The first-order valence-corrected chi connectivity index (χ1v) is 6.72. The van der Waals surface area contributed by atoms with Crippen LogP contribution in [0.2, 0.25) is 0 Å². The van der Waals surface area contributed by atoms with Crippen molar-refractivity contribution in [2.45, 2.75) is 24.7 Å². The van der Waals surface area contributed by atoms with E-state index in [0.29, 0.717) is 6.54 Å². The van der Waals surface area contributed by atoms with Gasteiger partial charge >= 0.3 is 5.69 Å². The highest BCUT2D eigenvalue weighted by molar-refractivity contribution is 5.47. The Balaban J connectivity index is 2.18. The molecule has 0 amide bonds. The van der Waals surface area contributed by atoms with Gasteiger partial charge in [0.05, 0.1) is 5.69 Å². The maximum Gasteiger partial charge on any atom is 0.332 e. The van der Waals surface area contributed by atoms with Crippen molar-refractivity contribution in [2.75, 3.05) is 6.54 Å². The fraction of sp³-hybridized carbons (Fsp3) is 0.400. The average molecular weight is 257 g/mol. The summed E-state index contributed by atoms with van der Waals surface area (Å²) < 4.78 is 3.30. The van der Waals surface area contributed by atoms with Gasteiger partial charge in [-0.25, -0.2) is 4.79 Å². The smallest absolute Gasteiger partial charge is 0.330 e. The molecule has 0 radical (unpaired) electrons. The zero-order valence-corrected chi connectivity index (χ0v) is 11.2. The molecule has 0 bridgehead atoms. The van der Waals surface area contributed by atoms with Crippen LogP contribution >= 0.6 is 0 Å². The lowest BCUT2D eigenvalue weighted by atomic mass is 9.64. The molecule has 1 aromatic heterocycles. The molecular formula is C15H19N3O. The maximum absolute atomic E-state index is 12.1. The van der Waals surface area contributed by atoms with Crippen LogP contribution in [0, 0.1) is 0 Å². The van der Waals surface area contributed by atoms with Crippen molar-refractivity contribution in [1.29, 1.82) is 0 Å². The number of aromatic nitrogens is 2. The van der Waals surface area contributed by atoms with E-state index in [0.717, 1.165) is 18.5 Å². The Hall–Kier alpha value is -1.81. The minimum atomic E-state index is -0.0149. The molecule has 1 aliphatic rings. The molecule has 1 heterocycles.